The van der Waals surface area contributed by atoms with Gasteiger partial charge in [0.25, 0.3) is 5.91 Å². The van der Waals surface area contributed by atoms with Crippen molar-refractivity contribution in [2.75, 3.05) is 25.0 Å². The van der Waals surface area contributed by atoms with Crippen molar-refractivity contribution in [1.29, 1.82) is 0 Å². The number of halogens is 3. The minimum atomic E-state index is -0.585. The minimum absolute atomic E-state index is 0.117. The highest BCUT2D eigenvalue weighted by molar-refractivity contribution is 6.35. The fourth-order valence-electron chi connectivity index (χ4n) is 4.53. The summed E-state index contributed by atoms with van der Waals surface area (Å²) in [6, 6.07) is 9.60. The van der Waals surface area contributed by atoms with Crippen molar-refractivity contribution < 1.29 is 18.8 Å². The van der Waals surface area contributed by atoms with Gasteiger partial charge >= 0.3 is 0 Å². The monoisotopic (exact) mass is 491 g/mol. The van der Waals surface area contributed by atoms with Crippen LogP contribution in [0.1, 0.15) is 36.0 Å². The molecule has 2 fully saturated rings. The van der Waals surface area contributed by atoms with Gasteiger partial charge in [-0.25, -0.2) is 4.39 Å². The molecule has 2 atom stereocenters. The largest absolute Gasteiger partial charge is 0.338 e. The van der Waals surface area contributed by atoms with Crippen molar-refractivity contribution in [3.8, 4) is 0 Å². The maximum atomic E-state index is 13.3. The molecule has 0 spiro atoms. The first-order valence-corrected chi connectivity index (χ1v) is 11.7. The zero-order valence-corrected chi connectivity index (χ0v) is 19.4. The summed E-state index contributed by atoms with van der Waals surface area (Å²) in [6.45, 7) is 1.32. The van der Waals surface area contributed by atoms with Crippen molar-refractivity contribution in [3.63, 3.8) is 0 Å². The van der Waals surface area contributed by atoms with Crippen LogP contribution in [0.15, 0.2) is 42.5 Å². The van der Waals surface area contributed by atoms with Crippen LogP contribution in [0.4, 0.5) is 10.1 Å². The van der Waals surface area contributed by atoms with Gasteiger partial charge in [0.15, 0.2) is 0 Å². The number of hydrogen-bond donors (Lipinski definition) is 1. The zero-order chi connectivity index (χ0) is 23.5. The quantitative estimate of drug-likeness (QED) is 0.678. The summed E-state index contributed by atoms with van der Waals surface area (Å²) in [5, 5.41) is 3.62. The van der Waals surface area contributed by atoms with E-state index in [9.17, 15) is 18.8 Å². The van der Waals surface area contributed by atoms with Crippen LogP contribution in [0.25, 0.3) is 0 Å². The molecule has 33 heavy (non-hydrogen) atoms. The zero-order valence-electron chi connectivity index (χ0n) is 17.9. The number of nitrogens with one attached hydrogen (secondary N) is 1. The van der Waals surface area contributed by atoms with Gasteiger partial charge in [-0.05, 0) is 68.1 Å². The Morgan fingerprint density at radius 2 is 1.61 bits per heavy atom. The van der Waals surface area contributed by atoms with Gasteiger partial charge in [0.2, 0.25) is 11.8 Å². The lowest BCUT2D eigenvalue weighted by Gasteiger charge is -2.35. The minimum Gasteiger partial charge on any atom is -0.338 e. The highest BCUT2D eigenvalue weighted by atomic mass is 35.5. The topological polar surface area (TPSA) is 69.7 Å². The molecule has 2 saturated heterocycles. The molecule has 2 unspecified atom stereocenters. The van der Waals surface area contributed by atoms with E-state index in [0.717, 1.165) is 6.42 Å². The predicted molar refractivity (Wildman–Crippen MR) is 125 cm³/mol. The first-order valence-electron chi connectivity index (χ1n) is 10.9. The molecule has 0 aliphatic carbocycles. The standard InChI is InChI=1S/C24H24Cl2FN3O3/c25-17-11-18(26)13-20(12-17)28-22(31)21-4-2-10-30(21)24(33)16-3-1-9-29(14-16)23(32)15-5-7-19(27)8-6-15/h5-8,11-13,16,21H,1-4,9-10,14H2,(H,28,31). The molecule has 3 amide bonds. The third kappa shape index (κ3) is 5.47. The Balaban J connectivity index is 1.42. The second-order valence-electron chi connectivity index (χ2n) is 8.43. The molecule has 2 aliphatic heterocycles. The Morgan fingerprint density at radius 3 is 2.30 bits per heavy atom. The molecule has 2 heterocycles. The smallest absolute Gasteiger partial charge is 0.253 e. The molecule has 2 aromatic rings. The molecule has 6 nitrogen and oxygen atoms in total. The lowest BCUT2D eigenvalue weighted by atomic mass is 9.95. The van der Waals surface area contributed by atoms with E-state index in [0.29, 0.717) is 53.6 Å². The Labute approximate surface area is 201 Å². The van der Waals surface area contributed by atoms with E-state index in [4.69, 9.17) is 23.2 Å². The van der Waals surface area contributed by atoms with Crippen molar-refractivity contribution in [3.05, 3.63) is 63.9 Å². The number of likely N-dealkylation sites (tertiary alicyclic amines) is 2. The van der Waals surface area contributed by atoms with Gasteiger partial charge < -0.3 is 15.1 Å². The molecule has 9 heteroatoms. The molecule has 2 aromatic carbocycles. The number of carbonyl (C=O) groups excluding carboxylic acids is 3. The average molecular weight is 492 g/mol. The Morgan fingerprint density at radius 1 is 0.939 bits per heavy atom. The van der Waals surface area contributed by atoms with Crippen molar-refractivity contribution in [2.24, 2.45) is 5.92 Å². The van der Waals surface area contributed by atoms with Gasteiger partial charge in [0.05, 0.1) is 5.92 Å². The summed E-state index contributed by atoms with van der Waals surface area (Å²) < 4.78 is 13.2. The van der Waals surface area contributed by atoms with Crippen LogP contribution in [0.3, 0.4) is 0 Å². The molecule has 0 bridgehead atoms. The van der Waals surface area contributed by atoms with Crippen molar-refractivity contribution >= 4 is 46.6 Å². The van der Waals surface area contributed by atoms with Gasteiger partial charge in [-0.15, -0.1) is 0 Å². The summed E-state index contributed by atoms with van der Waals surface area (Å²) in [6.07, 6.45) is 2.64. The number of anilines is 1. The maximum Gasteiger partial charge on any atom is 0.253 e. The van der Waals surface area contributed by atoms with Gasteiger partial charge in [-0.1, -0.05) is 23.2 Å². The molecule has 174 valence electrons. The third-order valence-corrected chi connectivity index (χ3v) is 6.55. The summed E-state index contributed by atoms with van der Waals surface area (Å²) in [5.41, 5.74) is 0.869. The number of nitrogens with zero attached hydrogens (tertiary/aromatic N) is 2. The van der Waals surface area contributed by atoms with Gasteiger partial charge in [0, 0.05) is 40.9 Å². The number of rotatable bonds is 4. The number of carbonyl (C=O) groups is 3. The molecule has 1 N–H and O–H groups in total. The van der Waals surface area contributed by atoms with Gasteiger partial charge in [-0.3, -0.25) is 14.4 Å². The maximum absolute atomic E-state index is 13.3. The highest BCUT2D eigenvalue weighted by Crippen LogP contribution is 2.28. The van der Waals surface area contributed by atoms with E-state index < -0.39 is 11.9 Å². The van der Waals surface area contributed by atoms with Crippen LogP contribution >= 0.6 is 23.2 Å². The molecule has 0 aromatic heterocycles. The lowest BCUT2D eigenvalue weighted by molar-refractivity contribution is -0.141. The van der Waals surface area contributed by atoms with E-state index in [1.165, 1.54) is 24.3 Å². The normalized spacial score (nSPS) is 20.6. The van der Waals surface area contributed by atoms with E-state index in [1.807, 2.05) is 0 Å². The average Bonchev–Trinajstić information content (AvgIpc) is 3.28. The van der Waals surface area contributed by atoms with Crippen LogP contribution in [-0.2, 0) is 9.59 Å². The molecular weight excluding hydrogens is 468 g/mol. The molecular formula is C24H24Cl2FN3O3. The second kappa shape index (κ2) is 10.1. The SMILES string of the molecule is O=C(Nc1cc(Cl)cc(Cl)c1)C1CCCN1C(=O)C1CCCN(C(=O)c2ccc(F)cc2)C1. The Bertz CT molecular complexity index is 1040. The van der Waals surface area contributed by atoms with E-state index in [2.05, 4.69) is 5.32 Å². The third-order valence-electron chi connectivity index (χ3n) is 6.12. The summed E-state index contributed by atoms with van der Waals surface area (Å²) in [7, 11) is 0. The highest BCUT2D eigenvalue weighted by Gasteiger charge is 2.39. The van der Waals surface area contributed by atoms with Gasteiger partial charge in [-0.2, -0.15) is 0 Å². The Hall–Kier alpha value is -2.64. The molecule has 2 aliphatic rings. The summed E-state index contributed by atoms with van der Waals surface area (Å²) >= 11 is 12.0. The fraction of sp³-hybridized carbons (Fsp3) is 0.375. The van der Waals surface area contributed by atoms with Crippen molar-refractivity contribution in [2.45, 2.75) is 31.7 Å². The first-order chi connectivity index (χ1) is 15.8. The van der Waals surface area contributed by atoms with Crippen molar-refractivity contribution in [1.82, 2.24) is 9.80 Å². The lowest BCUT2D eigenvalue weighted by Crippen LogP contribution is -2.50. The molecule has 4 rings (SSSR count). The summed E-state index contributed by atoms with van der Waals surface area (Å²) in [4.78, 5) is 42.4. The van der Waals surface area contributed by atoms with Crippen LogP contribution < -0.4 is 5.32 Å². The summed E-state index contributed by atoms with van der Waals surface area (Å²) in [5.74, 6) is -1.41. The van der Waals surface area contributed by atoms with E-state index >= 15 is 0 Å². The number of hydrogen-bond acceptors (Lipinski definition) is 3. The second-order valence-corrected chi connectivity index (χ2v) is 9.31. The van der Waals surface area contributed by atoms with E-state index in [-0.39, 0.29) is 30.2 Å². The number of benzene rings is 2. The molecule has 0 saturated carbocycles. The van der Waals surface area contributed by atoms with Crippen LogP contribution in [-0.4, -0.2) is 53.2 Å². The van der Waals surface area contributed by atoms with Gasteiger partial charge in [0.1, 0.15) is 11.9 Å². The number of piperidine rings is 1. The molecule has 0 radical (unpaired) electrons. The van der Waals surface area contributed by atoms with E-state index in [1.54, 1.807) is 28.0 Å². The van der Waals surface area contributed by atoms with Crippen LogP contribution in [0, 0.1) is 11.7 Å². The van der Waals surface area contributed by atoms with Crippen LogP contribution in [0.5, 0.6) is 0 Å². The number of amides is 3. The Kier molecular flexibility index (Phi) is 7.20. The fourth-order valence-corrected chi connectivity index (χ4v) is 5.05. The first kappa shape index (κ1) is 23.5. The predicted octanol–water partition coefficient (Wildman–Crippen LogP) is 4.61. The van der Waals surface area contributed by atoms with Crippen LogP contribution in [0.2, 0.25) is 10.0 Å².